The summed E-state index contributed by atoms with van der Waals surface area (Å²) in [5.74, 6) is 1.55. The van der Waals surface area contributed by atoms with E-state index >= 15 is 0 Å². The number of aromatic nitrogens is 3. The number of carbonyl (C=O) groups is 1. The quantitative estimate of drug-likeness (QED) is 0.749. The van der Waals surface area contributed by atoms with Gasteiger partial charge in [-0.2, -0.15) is 0 Å². The van der Waals surface area contributed by atoms with Crippen LogP contribution < -0.4 is 11.1 Å². The van der Waals surface area contributed by atoms with Crippen LogP contribution in [0.4, 0.5) is 0 Å². The Morgan fingerprint density at radius 3 is 2.60 bits per heavy atom. The fourth-order valence-corrected chi connectivity index (χ4v) is 3.10. The van der Waals surface area contributed by atoms with Gasteiger partial charge < -0.3 is 15.6 Å². The van der Waals surface area contributed by atoms with E-state index < -0.39 is 5.54 Å². The molecule has 0 radical (unpaired) electrons. The number of nitrogens with two attached hydrogens (primary N) is 1. The highest BCUT2D eigenvalue weighted by Crippen LogP contribution is 2.23. The standard InChI is InChI=1S/C16H20BrN5O.2ClH/c1-10(14-21-20-13-4-3-9-22(13)14)19-15(23)16(2,18)11-5-7-12(17)8-6-11;;/h5-8,10H,3-4,9,18H2,1-2H3,(H,19,23);2*1H. The topological polar surface area (TPSA) is 85.8 Å². The lowest BCUT2D eigenvalue weighted by atomic mass is 9.92. The van der Waals surface area contributed by atoms with E-state index in [1.165, 1.54) is 0 Å². The predicted molar refractivity (Wildman–Crippen MR) is 105 cm³/mol. The van der Waals surface area contributed by atoms with E-state index in [2.05, 4.69) is 36.0 Å². The Kier molecular flexibility index (Phi) is 7.43. The summed E-state index contributed by atoms with van der Waals surface area (Å²) in [7, 11) is 0. The number of amides is 1. The lowest BCUT2D eigenvalue weighted by Gasteiger charge is -2.26. The molecule has 25 heavy (non-hydrogen) atoms. The number of hydrogen-bond donors (Lipinski definition) is 2. The molecule has 2 aromatic rings. The first-order chi connectivity index (χ1) is 10.9. The van der Waals surface area contributed by atoms with Crippen LogP contribution in [0.15, 0.2) is 28.7 Å². The van der Waals surface area contributed by atoms with Crippen LogP contribution >= 0.6 is 40.7 Å². The van der Waals surface area contributed by atoms with Gasteiger partial charge in [-0.15, -0.1) is 35.0 Å². The van der Waals surface area contributed by atoms with Crippen molar-refractivity contribution in [3.05, 3.63) is 46.0 Å². The average molecular weight is 451 g/mol. The second-order valence-electron chi connectivity index (χ2n) is 6.13. The smallest absolute Gasteiger partial charge is 0.244 e. The number of aryl methyl sites for hydroxylation is 1. The molecule has 2 heterocycles. The molecule has 0 saturated heterocycles. The first-order valence-electron chi connectivity index (χ1n) is 7.67. The highest BCUT2D eigenvalue weighted by molar-refractivity contribution is 9.10. The van der Waals surface area contributed by atoms with E-state index in [4.69, 9.17) is 5.73 Å². The van der Waals surface area contributed by atoms with Crippen LogP contribution in [-0.4, -0.2) is 20.7 Å². The zero-order chi connectivity index (χ0) is 16.6. The minimum atomic E-state index is -1.11. The third kappa shape index (κ3) is 4.34. The molecule has 0 aliphatic carbocycles. The molecule has 6 nitrogen and oxygen atoms in total. The molecule has 0 fully saturated rings. The van der Waals surface area contributed by atoms with E-state index in [1.807, 2.05) is 31.2 Å². The van der Waals surface area contributed by atoms with Crippen molar-refractivity contribution in [3.63, 3.8) is 0 Å². The van der Waals surface area contributed by atoms with Crippen molar-refractivity contribution in [1.82, 2.24) is 20.1 Å². The highest BCUT2D eigenvalue weighted by atomic mass is 79.9. The number of hydrogen-bond acceptors (Lipinski definition) is 4. The van der Waals surface area contributed by atoms with Crippen LogP contribution in [0.2, 0.25) is 0 Å². The Morgan fingerprint density at radius 2 is 1.96 bits per heavy atom. The zero-order valence-electron chi connectivity index (χ0n) is 14.0. The summed E-state index contributed by atoms with van der Waals surface area (Å²) in [5, 5.41) is 11.4. The molecule has 3 N–H and O–H groups in total. The third-order valence-corrected chi connectivity index (χ3v) is 4.82. The fraction of sp³-hybridized carbons (Fsp3) is 0.438. The van der Waals surface area contributed by atoms with Gasteiger partial charge in [0, 0.05) is 17.4 Å². The number of halogens is 3. The number of nitrogens with zero attached hydrogens (tertiary/aromatic N) is 3. The van der Waals surface area contributed by atoms with Crippen molar-refractivity contribution < 1.29 is 4.79 Å². The molecule has 0 saturated carbocycles. The molecule has 1 aromatic heterocycles. The Balaban J connectivity index is 0.00000156. The van der Waals surface area contributed by atoms with Crippen molar-refractivity contribution in [2.45, 2.75) is 44.8 Å². The van der Waals surface area contributed by atoms with E-state index in [-0.39, 0.29) is 36.8 Å². The van der Waals surface area contributed by atoms with E-state index in [9.17, 15) is 4.79 Å². The SMILES string of the molecule is CC(NC(=O)C(C)(N)c1ccc(Br)cc1)c1nnc2n1CCC2.Cl.Cl. The third-order valence-electron chi connectivity index (χ3n) is 4.29. The van der Waals surface area contributed by atoms with Crippen LogP contribution in [-0.2, 0) is 23.3 Å². The number of benzene rings is 1. The molecular weight excluding hydrogens is 429 g/mol. The van der Waals surface area contributed by atoms with Gasteiger partial charge >= 0.3 is 0 Å². The molecule has 2 atom stereocenters. The molecule has 1 aliphatic rings. The summed E-state index contributed by atoms with van der Waals surface area (Å²) in [6, 6.07) is 7.22. The Morgan fingerprint density at radius 1 is 1.32 bits per heavy atom. The molecule has 1 amide bonds. The van der Waals surface area contributed by atoms with Gasteiger partial charge in [-0.1, -0.05) is 28.1 Å². The second kappa shape index (κ2) is 8.49. The van der Waals surface area contributed by atoms with E-state index in [0.29, 0.717) is 0 Å². The first kappa shape index (κ1) is 21.9. The van der Waals surface area contributed by atoms with Gasteiger partial charge in [0.15, 0.2) is 5.82 Å². The van der Waals surface area contributed by atoms with Crippen molar-refractivity contribution in [3.8, 4) is 0 Å². The molecule has 1 aromatic carbocycles. The summed E-state index contributed by atoms with van der Waals surface area (Å²) in [4.78, 5) is 12.7. The first-order valence-corrected chi connectivity index (χ1v) is 8.47. The van der Waals surface area contributed by atoms with Gasteiger partial charge in [0.25, 0.3) is 0 Å². The molecule has 1 aliphatic heterocycles. The maximum Gasteiger partial charge on any atom is 0.244 e. The van der Waals surface area contributed by atoms with Crippen molar-refractivity contribution in [2.24, 2.45) is 5.73 Å². The Labute approximate surface area is 167 Å². The number of carbonyl (C=O) groups excluding carboxylic acids is 1. The van der Waals surface area contributed by atoms with Crippen LogP contribution in [0.25, 0.3) is 0 Å². The van der Waals surface area contributed by atoms with Gasteiger partial charge in [0.2, 0.25) is 5.91 Å². The maximum absolute atomic E-state index is 12.7. The van der Waals surface area contributed by atoms with Gasteiger partial charge in [0.1, 0.15) is 11.4 Å². The van der Waals surface area contributed by atoms with Crippen LogP contribution in [0.1, 0.15) is 43.5 Å². The fourth-order valence-electron chi connectivity index (χ4n) is 2.83. The highest BCUT2D eigenvalue weighted by Gasteiger charge is 2.32. The van der Waals surface area contributed by atoms with Gasteiger partial charge in [-0.25, -0.2) is 0 Å². The van der Waals surface area contributed by atoms with Crippen LogP contribution in [0.3, 0.4) is 0 Å². The Hall–Kier alpha value is -1.15. The van der Waals surface area contributed by atoms with Crippen molar-refractivity contribution in [2.75, 3.05) is 0 Å². The normalized spacial score (nSPS) is 16.0. The summed E-state index contributed by atoms with van der Waals surface area (Å²) in [6.45, 7) is 4.53. The molecule has 2 unspecified atom stereocenters. The molecule has 0 spiro atoms. The molecular formula is C16H22BrCl2N5O. The van der Waals surface area contributed by atoms with Gasteiger partial charge in [-0.05, 0) is 38.0 Å². The van der Waals surface area contributed by atoms with E-state index in [1.54, 1.807) is 6.92 Å². The van der Waals surface area contributed by atoms with E-state index in [0.717, 1.165) is 41.1 Å². The molecule has 0 bridgehead atoms. The summed E-state index contributed by atoms with van der Waals surface area (Å²) < 4.78 is 3.03. The number of nitrogens with one attached hydrogen (secondary N) is 1. The van der Waals surface area contributed by atoms with Crippen molar-refractivity contribution in [1.29, 1.82) is 0 Å². The predicted octanol–water partition coefficient (Wildman–Crippen LogP) is 2.88. The summed E-state index contributed by atoms with van der Waals surface area (Å²) in [6.07, 6.45) is 2.02. The minimum Gasteiger partial charge on any atom is -0.344 e. The lowest BCUT2D eigenvalue weighted by molar-refractivity contribution is -0.126. The number of rotatable bonds is 4. The molecule has 3 rings (SSSR count). The number of fused-ring (bicyclic) bond motifs is 1. The summed E-state index contributed by atoms with van der Waals surface area (Å²) in [5.41, 5.74) is 5.93. The van der Waals surface area contributed by atoms with Crippen molar-refractivity contribution >= 4 is 46.7 Å². The van der Waals surface area contributed by atoms with Crippen LogP contribution in [0.5, 0.6) is 0 Å². The second-order valence-corrected chi connectivity index (χ2v) is 7.05. The average Bonchev–Trinajstić information content (AvgIpc) is 3.10. The Bertz CT molecular complexity index is 733. The largest absolute Gasteiger partial charge is 0.344 e. The van der Waals surface area contributed by atoms with Gasteiger partial charge in [-0.3, -0.25) is 4.79 Å². The lowest BCUT2D eigenvalue weighted by Crippen LogP contribution is -2.49. The maximum atomic E-state index is 12.7. The molecule has 138 valence electrons. The van der Waals surface area contributed by atoms with Gasteiger partial charge in [0.05, 0.1) is 6.04 Å². The zero-order valence-corrected chi connectivity index (χ0v) is 17.2. The van der Waals surface area contributed by atoms with Crippen LogP contribution in [0, 0.1) is 0 Å². The minimum absolute atomic E-state index is 0. The molecule has 9 heteroatoms. The monoisotopic (exact) mass is 449 g/mol. The summed E-state index contributed by atoms with van der Waals surface area (Å²) >= 11 is 3.38.